The number of aromatic nitrogens is 2. The molecule has 0 spiro atoms. The van der Waals surface area contributed by atoms with Crippen LogP contribution in [0.2, 0.25) is 0 Å². The predicted molar refractivity (Wildman–Crippen MR) is 110 cm³/mol. The van der Waals surface area contributed by atoms with Gasteiger partial charge in [0.2, 0.25) is 5.91 Å². The predicted octanol–water partition coefficient (Wildman–Crippen LogP) is 2.57. The van der Waals surface area contributed by atoms with E-state index in [9.17, 15) is 4.79 Å². The molecule has 0 unspecified atom stereocenters. The Kier molecular flexibility index (Phi) is 5.05. The summed E-state index contributed by atoms with van der Waals surface area (Å²) in [5, 5.41) is 3.30. The summed E-state index contributed by atoms with van der Waals surface area (Å²) in [7, 11) is 3.61. The number of carbonyl (C=O) groups excluding carboxylic acids is 1. The van der Waals surface area contributed by atoms with E-state index in [0.717, 1.165) is 42.2 Å². The number of rotatable bonds is 4. The molecule has 1 saturated heterocycles. The minimum atomic E-state index is 0.150. The Morgan fingerprint density at radius 1 is 1.11 bits per heavy atom. The maximum absolute atomic E-state index is 12.0. The minimum absolute atomic E-state index is 0.150. The molecule has 0 atom stereocenters. The van der Waals surface area contributed by atoms with Gasteiger partial charge in [-0.25, -0.2) is 9.97 Å². The van der Waals surface area contributed by atoms with E-state index in [2.05, 4.69) is 49.4 Å². The van der Waals surface area contributed by atoms with Crippen LogP contribution in [0.5, 0.6) is 0 Å². The first-order chi connectivity index (χ1) is 13.1. The summed E-state index contributed by atoms with van der Waals surface area (Å²) in [6.07, 6.45) is 1.66. The van der Waals surface area contributed by atoms with E-state index in [0.29, 0.717) is 6.54 Å². The number of likely N-dealkylation sites (N-methyl/N-ethyl adjacent to an activating group) is 1. The second-order valence-electron chi connectivity index (χ2n) is 6.94. The number of piperazine rings is 1. The molecule has 0 radical (unpaired) electrons. The molecule has 2 aromatic heterocycles. The molecule has 27 heavy (non-hydrogen) atoms. The second-order valence-corrected chi connectivity index (χ2v) is 7.80. The highest BCUT2D eigenvalue weighted by molar-refractivity contribution is 7.17. The number of carbonyl (C=O) groups is 1. The van der Waals surface area contributed by atoms with E-state index >= 15 is 0 Å². The zero-order chi connectivity index (χ0) is 18.8. The molecule has 1 amide bonds. The number of thiophene rings is 1. The van der Waals surface area contributed by atoms with Crippen molar-refractivity contribution in [3.8, 4) is 11.1 Å². The van der Waals surface area contributed by atoms with Crippen LogP contribution >= 0.6 is 11.3 Å². The Balaban J connectivity index is 1.58. The van der Waals surface area contributed by atoms with Gasteiger partial charge in [-0.2, -0.15) is 0 Å². The third-order valence-corrected chi connectivity index (χ3v) is 5.85. The van der Waals surface area contributed by atoms with E-state index in [1.165, 1.54) is 11.1 Å². The number of fused-ring (bicyclic) bond motifs is 1. The van der Waals surface area contributed by atoms with Crippen LogP contribution in [-0.4, -0.2) is 72.5 Å². The summed E-state index contributed by atoms with van der Waals surface area (Å²) in [5.74, 6) is 1.15. The Labute approximate surface area is 163 Å². The Bertz CT molecular complexity index is 932. The van der Waals surface area contributed by atoms with Crippen LogP contribution in [0, 0.1) is 0 Å². The molecule has 1 aliphatic rings. The van der Waals surface area contributed by atoms with Crippen LogP contribution in [0.15, 0.2) is 42.0 Å². The quantitative estimate of drug-likeness (QED) is 0.695. The van der Waals surface area contributed by atoms with Gasteiger partial charge in [0.05, 0.1) is 11.9 Å². The molecular weight excluding hydrogens is 358 g/mol. The van der Waals surface area contributed by atoms with Gasteiger partial charge in [-0.3, -0.25) is 9.69 Å². The van der Waals surface area contributed by atoms with Crippen molar-refractivity contribution in [1.82, 2.24) is 19.8 Å². The standard InChI is InChI=1S/C20H23N5OS/c1-23(2)17(26)12-24-8-10-25(11-9-24)19-18-16(15-6-4-3-5-7-15)13-27-20(18)22-14-21-19/h3-7,13-14H,8-12H2,1-2H3. The van der Waals surface area contributed by atoms with E-state index in [-0.39, 0.29) is 5.91 Å². The average molecular weight is 382 g/mol. The van der Waals surface area contributed by atoms with Crippen molar-refractivity contribution in [2.75, 3.05) is 51.7 Å². The second kappa shape index (κ2) is 7.62. The zero-order valence-corrected chi connectivity index (χ0v) is 16.4. The summed E-state index contributed by atoms with van der Waals surface area (Å²) in [5.41, 5.74) is 2.38. The molecule has 0 saturated carbocycles. The molecule has 3 heterocycles. The van der Waals surface area contributed by atoms with E-state index in [4.69, 9.17) is 0 Å². The molecular formula is C20H23N5OS. The van der Waals surface area contributed by atoms with Gasteiger partial charge in [-0.15, -0.1) is 11.3 Å². The van der Waals surface area contributed by atoms with E-state index in [1.807, 2.05) is 6.07 Å². The summed E-state index contributed by atoms with van der Waals surface area (Å²) in [6.45, 7) is 3.91. The molecule has 7 heteroatoms. The molecule has 3 aromatic rings. The Morgan fingerprint density at radius 2 is 1.85 bits per heavy atom. The van der Waals surface area contributed by atoms with Crippen molar-refractivity contribution in [2.45, 2.75) is 0 Å². The zero-order valence-electron chi connectivity index (χ0n) is 15.6. The maximum atomic E-state index is 12.0. The molecule has 1 aromatic carbocycles. The number of amides is 1. The fourth-order valence-corrected chi connectivity index (χ4v) is 4.29. The highest BCUT2D eigenvalue weighted by atomic mass is 32.1. The van der Waals surface area contributed by atoms with Gasteiger partial charge >= 0.3 is 0 Å². The molecule has 0 bridgehead atoms. The summed E-state index contributed by atoms with van der Waals surface area (Å²) in [6, 6.07) is 10.4. The van der Waals surface area contributed by atoms with Crippen LogP contribution in [0.25, 0.3) is 21.3 Å². The molecule has 1 fully saturated rings. The topological polar surface area (TPSA) is 52.6 Å². The van der Waals surface area contributed by atoms with Gasteiger partial charge in [0.1, 0.15) is 17.0 Å². The fourth-order valence-electron chi connectivity index (χ4n) is 3.38. The van der Waals surface area contributed by atoms with Crippen molar-refractivity contribution in [2.24, 2.45) is 0 Å². The first-order valence-corrected chi connectivity index (χ1v) is 9.96. The summed E-state index contributed by atoms with van der Waals surface area (Å²) in [4.78, 5) is 28.3. The molecule has 0 N–H and O–H groups in total. The van der Waals surface area contributed by atoms with Crippen LogP contribution in [-0.2, 0) is 4.79 Å². The van der Waals surface area contributed by atoms with Gasteiger partial charge in [0, 0.05) is 51.2 Å². The van der Waals surface area contributed by atoms with Gasteiger partial charge in [0.15, 0.2) is 0 Å². The lowest BCUT2D eigenvalue weighted by atomic mass is 10.1. The van der Waals surface area contributed by atoms with Crippen LogP contribution in [0.1, 0.15) is 0 Å². The lowest BCUT2D eigenvalue weighted by molar-refractivity contribution is -0.129. The lowest BCUT2D eigenvalue weighted by Gasteiger charge is -2.35. The van der Waals surface area contributed by atoms with Gasteiger partial charge in [-0.05, 0) is 5.56 Å². The molecule has 140 valence electrons. The molecule has 4 rings (SSSR count). The molecule has 6 nitrogen and oxygen atoms in total. The number of hydrogen-bond acceptors (Lipinski definition) is 6. The van der Waals surface area contributed by atoms with Crippen molar-refractivity contribution < 1.29 is 4.79 Å². The third-order valence-electron chi connectivity index (χ3n) is 4.96. The Morgan fingerprint density at radius 3 is 2.56 bits per heavy atom. The maximum Gasteiger partial charge on any atom is 0.236 e. The summed E-state index contributed by atoms with van der Waals surface area (Å²) >= 11 is 1.66. The minimum Gasteiger partial charge on any atom is -0.353 e. The first-order valence-electron chi connectivity index (χ1n) is 9.08. The third kappa shape index (κ3) is 3.65. The highest BCUT2D eigenvalue weighted by Gasteiger charge is 2.23. The van der Waals surface area contributed by atoms with E-state index < -0.39 is 0 Å². The number of anilines is 1. The van der Waals surface area contributed by atoms with Crippen molar-refractivity contribution in [1.29, 1.82) is 0 Å². The summed E-state index contributed by atoms with van der Waals surface area (Å²) < 4.78 is 0. The average Bonchev–Trinajstić information content (AvgIpc) is 3.13. The first kappa shape index (κ1) is 17.9. The number of hydrogen-bond donors (Lipinski definition) is 0. The van der Waals surface area contributed by atoms with Crippen molar-refractivity contribution in [3.05, 3.63) is 42.0 Å². The number of benzene rings is 1. The lowest BCUT2D eigenvalue weighted by Crippen LogP contribution is -2.49. The smallest absolute Gasteiger partial charge is 0.236 e. The van der Waals surface area contributed by atoms with Gasteiger partial charge in [0.25, 0.3) is 0 Å². The largest absolute Gasteiger partial charge is 0.353 e. The van der Waals surface area contributed by atoms with Gasteiger partial charge < -0.3 is 9.80 Å². The SMILES string of the molecule is CN(C)C(=O)CN1CCN(c2ncnc3scc(-c4ccccc4)c23)CC1. The normalized spacial score (nSPS) is 15.3. The van der Waals surface area contributed by atoms with Crippen molar-refractivity contribution in [3.63, 3.8) is 0 Å². The van der Waals surface area contributed by atoms with Crippen molar-refractivity contribution >= 4 is 33.3 Å². The Hall–Kier alpha value is -2.51. The highest BCUT2D eigenvalue weighted by Crippen LogP contribution is 2.37. The van der Waals surface area contributed by atoms with Crippen LogP contribution in [0.3, 0.4) is 0 Å². The van der Waals surface area contributed by atoms with Crippen LogP contribution < -0.4 is 4.90 Å². The monoisotopic (exact) mass is 381 g/mol. The number of nitrogens with zero attached hydrogens (tertiary/aromatic N) is 5. The molecule has 1 aliphatic heterocycles. The molecule has 0 aliphatic carbocycles. The van der Waals surface area contributed by atoms with E-state index in [1.54, 1.807) is 36.7 Å². The fraction of sp³-hybridized carbons (Fsp3) is 0.350. The van der Waals surface area contributed by atoms with Crippen LogP contribution in [0.4, 0.5) is 5.82 Å². The van der Waals surface area contributed by atoms with Gasteiger partial charge in [-0.1, -0.05) is 30.3 Å².